The first-order valence-corrected chi connectivity index (χ1v) is 5.75. The van der Waals surface area contributed by atoms with Crippen LogP contribution in [0.4, 0.5) is 0 Å². The summed E-state index contributed by atoms with van der Waals surface area (Å²) in [6.07, 6.45) is 1.98. The number of carbonyl (C=O) groups excluding carboxylic acids is 1. The Kier molecular flexibility index (Phi) is 7.54. The second-order valence-electron chi connectivity index (χ2n) is 3.90. The van der Waals surface area contributed by atoms with Gasteiger partial charge in [0.25, 0.3) is 0 Å². The summed E-state index contributed by atoms with van der Waals surface area (Å²) >= 11 is 0. The van der Waals surface area contributed by atoms with Gasteiger partial charge in [0.2, 0.25) is 5.91 Å². The third-order valence-electron chi connectivity index (χ3n) is 2.19. The topological polar surface area (TPSA) is 69.6 Å². The van der Waals surface area contributed by atoms with Crippen molar-refractivity contribution >= 4 is 11.9 Å². The van der Waals surface area contributed by atoms with E-state index in [4.69, 9.17) is 5.11 Å². The molecular weight excluding hydrogens is 208 g/mol. The molecule has 94 valence electrons. The summed E-state index contributed by atoms with van der Waals surface area (Å²) in [5.41, 5.74) is 0. The van der Waals surface area contributed by atoms with Gasteiger partial charge in [0.15, 0.2) is 0 Å². The van der Waals surface area contributed by atoms with E-state index in [0.29, 0.717) is 0 Å². The van der Waals surface area contributed by atoms with Crippen LogP contribution in [0.15, 0.2) is 0 Å². The molecule has 2 N–H and O–H groups in total. The second kappa shape index (κ2) is 8.10. The Bertz CT molecular complexity index is 225. The van der Waals surface area contributed by atoms with Crippen molar-refractivity contribution in [2.75, 3.05) is 19.6 Å². The van der Waals surface area contributed by atoms with Crippen molar-refractivity contribution in [1.82, 2.24) is 10.2 Å². The summed E-state index contributed by atoms with van der Waals surface area (Å²) in [5, 5.41) is 11.1. The van der Waals surface area contributed by atoms with Gasteiger partial charge in [-0.3, -0.25) is 14.5 Å². The number of carboxylic acid groups (broad SMARTS) is 1. The highest BCUT2D eigenvalue weighted by Crippen LogP contribution is 1.94. The van der Waals surface area contributed by atoms with Crippen LogP contribution >= 0.6 is 0 Å². The Morgan fingerprint density at radius 3 is 2.12 bits per heavy atom. The highest BCUT2D eigenvalue weighted by molar-refractivity contribution is 5.84. The summed E-state index contributed by atoms with van der Waals surface area (Å²) in [7, 11) is 0. The van der Waals surface area contributed by atoms with E-state index in [0.717, 1.165) is 25.9 Å². The predicted octanol–water partition coefficient (Wildman–Crippen LogP) is 0.698. The molecule has 0 fully saturated rings. The van der Waals surface area contributed by atoms with Crippen LogP contribution in [0.2, 0.25) is 0 Å². The Labute approximate surface area is 96.8 Å². The van der Waals surface area contributed by atoms with Crippen molar-refractivity contribution < 1.29 is 14.7 Å². The van der Waals surface area contributed by atoms with Gasteiger partial charge in [-0.15, -0.1) is 0 Å². The first kappa shape index (κ1) is 14.9. The smallest absolute Gasteiger partial charge is 0.325 e. The average Bonchev–Trinajstić information content (AvgIpc) is 2.17. The average molecular weight is 230 g/mol. The zero-order valence-corrected chi connectivity index (χ0v) is 10.3. The minimum absolute atomic E-state index is 0.225. The number of amides is 1. The van der Waals surface area contributed by atoms with Gasteiger partial charge in [0.1, 0.15) is 6.04 Å². The Balaban J connectivity index is 4.03. The molecule has 0 aliphatic rings. The fourth-order valence-corrected chi connectivity index (χ4v) is 1.45. The lowest BCUT2D eigenvalue weighted by Crippen LogP contribution is -2.44. The fourth-order valence-electron chi connectivity index (χ4n) is 1.45. The fraction of sp³-hybridized carbons (Fsp3) is 0.818. The number of hydrogen-bond acceptors (Lipinski definition) is 3. The van der Waals surface area contributed by atoms with Gasteiger partial charge in [0.05, 0.1) is 6.54 Å². The van der Waals surface area contributed by atoms with Crippen molar-refractivity contribution in [3.63, 3.8) is 0 Å². The van der Waals surface area contributed by atoms with Crippen molar-refractivity contribution in [2.45, 2.75) is 39.7 Å². The normalized spacial score (nSPS) is 12.5. The van der Waals surface area contributed by atoms with E-state index in [-0.39, 0.29) is 12.5 Å². The summed E-state index contributed by atoms with van der Waals surface area (Å²) in [5.74, 6) is -1.23. The van der Waals surface area contributed by atoms with E-state index in [2.05, 4.69) is 19.2 Å². The van der Waals surface area contributed by atoms with Crippen LogP contribution in [0, 0.1) is 0 Å². The molecule has 0 rings (SSSR count). The number of aliphatic carboxylic acids is 1. The second-order valence-corrected chi connectivity index (χ2v) is 3.90. The number of nitrogens with one attached hydrogen (secondary N) is 1. The van der Waals surface area contributed by atoms with Crippen LogP contribution in [0.25, 0.3) is 0 Å². The number of rotatable bonds is 8. The largest absolute Gasteiger partial charge is 0.480 e. The minimum atomic E-state index is -1.01. The number of nitrogens with zero attached hydrogens (tertiary/aromatic N) is 1. The zero-order chi connectivity index (χ0) is 12.6. The summed E-state index contributed by atoms with van der Waals surface area (Å²) in [4.78, 5) is 24.1. The summed E-state index contributed by atoms with van der Waals surface area (Å²) in [6.45, 7) is 7.58. The number of carboxylic acids is 1. The van der Waals surface area contributed by atoms with E-state index < -0.39 is 12.0 Å². The van der Waals surface area contributed by atoms with Crippen LogP contribution in [-0.2, 0) is 9.59 Å². The van der Waals surface area contributed by atoms with E-state index >= 15 is 0 Å². The first-order chi connectivity index (χ1) is 7.51. The lowest BCUT2D eigenvalue weighted by atomic mass is 10.3. The quantitative estimate of drug-likeness (QED) is 0.644. The van der Waals surface area contributed by atoms with Crippen LogP contribution in [0.5, 0.6) is 0 Å². The molecular formula is C11H22N2O3. The first-order valence-electron chi connectivity index (χ1n) is 5.75. The molecule has 0 aliphatic carbocycles. The van der Waals surface area contributed by atoms with E-state index in [1.54, 1.807) is 0 Å². The molecule has 0 saturated heterocycles. The molecule has 0 aromatic rings. The highest BCUT2D eigenvalue weighted by atomic mass is 16.4. The van der Waals surface area contributed by atoms with Gasteiger partial charge in [-0.1, -0.05) is 13.8 Å². The molecule has 1 unspecified atom stereocenters. The maximum Gasteiger partial charge on any atom is 0.325 e. The van der Waals surface area contributed by atoms with E-state index in [9.17, 15) is 9.59 Å². The Morgan fingerprint density at radius 2 is 1.75 bits per heavy atom. The van der Waals surface area contributed by atoms with Crippen molar-refractivity contribution in [3.05, 3.63) is 0 Å². The summed E-state index contributed by atoms with van der Waals surface area (Å²) in [6, 6.07) is -0.822. The van der Waals surface area contributed by atoms with Crippen LogP contribution < -0.4 is 5.32 Å². The molecule has 0 saturated carbocycles. The van der Waals surface area contributed by atoms with Gasteiger partial charge in [-0.2, -0.15) is 0 Å². The van der Waals surface area contributed by atoms with Crippen molar-refractivity contribution in [2.24, 2.45) is 0 Å². The standard InChI is InChI=1S/C11H22N2O3/c1-4-6-13(7-5-2)8-10(14)12-9(3)11(15)16/h9H,4-8H2,1-3H3,(H,12,14)(H,15,16). The third-order valence-corrected chi connectivity index (χ3v) is 2.19. The van der Waals surface area contributed by atoms with Gasteiger partial charge >= 0.3 is 5.97 Å². The van der Waals surface area contributed by atoms with Crippen molar-refractivity contribution in [1.29, 1.82) is 0 Å². The molecule has 0 bridgehead atoms. The number of carbonyl (C=O) groups is 2. The molecule has 0 aromatic carbocycles. The highest BCUT2D eigenvalue weighted by Gasteiger charge is 2.15. The maximum absolute atomic E-state index is 11.5. The number of hydrogen-bond donors (Lipinski definition) is 2. The molecule has 16 heavy (non-hydrogen) atoms. The van der Waals surface area contributed by atoms with Gasteiger partial charge < -0.3 is 10.4 Å². The molecule has 0 spiro atoms. The van der Waals surface area contributed by atoms with Crippen LogP contribution in [-0.4, -0.2) is 47.6 Å². The molecule has 1 atom stereocenters. The summed E-state index contributed by atoms with van der Waals surface area (Å²) < 4.78 is 0. The van der Waals surface area contributed by atoms with Crippen LogP contribution in [0.3, 0.4) is 0 Å². The van der Waals surface area contributed by atoms with E-state index in [1.807, 2.05) is 4.90 Å². The van der Waals surface area contributed by atoms with Crippen molar-refractivity contribution in [3.8, 4) is 0 Å². The molecule has 0 radical (unpaired) electrons. The molecule has 1 amide bonds. The maximum atomic E-state index is 11.5. The molecule has 0 heterocycles. The Morgan fingerprint density at radius 1 is 1.25 bits per heavy atom. The molecule has 0 aromatic heterocycles. The molecule has 0 aliphatic heterocycles. The zero-order valence-electron chi connectivity index (χ0n) is 10.3. The van der Waals surface area contributed by atoms with E-state index in [1.165, 1.54) is 6.92 Å². The molecule has 5 heteroatoms. The predicted molar refractivity (Wildman–Crippen MR) is 62.3 cm³/mol. The minimum Gasteiger partial charge on any atom is -0.480 e. The van der Waals surface area contributed by atoms with Crippen LogP contribution in [0.1, 0.15) is 33.6 Å². The monoisotopic (exact) mass is 230 g/mol. The SMILES string of the molecule is CCCN(CCC)CC(=O)NC(C)C(=O)O. The Hall–Kier alpha value is -1.10. The van der Waals surface area contributed by atoms with Gasteiger partial charge in [-0.05, 0) is 32.9 Å². The molecule has 5 nitrogen and oxygen atoms in total. The van der Waals surface area contributed by atoms with Gasteiger partial charge in [-0.25, -0.2) is 0 Å². The lowest BCUT2D eigenvalue weighted by Gasteiger charge is -2.20. The third kappa shape index (κ3) is 6.40. The van der Waals surface area contributed by atoms with Gasteiger partial charge in [0, 0.05) is 0 Å². The lowest BCUT2D eigenvalue weighted by molar-refractivity contribution is -0.141.